The average molecular weight is 291 g/mol. The number of imide groups is 1. The predicted molar refractivity (Wildman–Crippen MR) is 69.8 cm³/mol. The maximum atomic E-state index is 11.5. The molecule has 0 fully saturated rings. The van der Waals surface area contributed by atoms with Gasteiger partial charge in [0.25, 0.3) is 0 Å². The molecule has 0 aliphatic carbocycles. The molecule has 0 aromatic carbocycles. The smallest absolute Gasteiger partial charge is 0.327 e. The summed E-state index contributed by atoms with van der Waals surface area (Å²) in [5.74, 6) is -2.15. The van der Waals surface area contributed by atoms with Crippen LogP contribution in [0.5, 0.6) is 0 Å². The lowest BCUT2D eigenvalue weighted by molar-refractivity contribution is -0.140. The second-order valence-corrected chi connectivity index (χ2v) is 5.01. The molecule has 8 nitrogen and oxygen atoms in total. The van der Waals surface area contributed by atoms with E-state index in [1.807, 2.05) is 0 Å². The fraction of sp³-hybridized carbons (Fsp3) is 0.600. The first kappa shape index (κ1) is 17.2. The fourth-order valence-electron chi connectivity index (χ4n) is 1.01. The molecular weight excluding hydrogens is 274 g/mol. The third kappa shape index (κ3) is 7.29. The molecule has 0 rings (SSSR count). The number of carboxylic acid groups (broad SMARTS) is 1. The van der Waals surface area contributed by atoms with Gasteiger partial charge < -0.3 is 15.7 Å². The van der Waals surface area contributed by atoms with E-state index in [1.54, 1.807) is 0 Å². The lowest BCUT2D eigenvalue weighted by Gasteiger charge is -2.15. The summed E-state index contributed by atoms with van der Waals surface area (Å²) < 4.78 is 0. The van der Waals surface area contributed by atoms with Gasteiger partial charge >= 0.3 is 12.0 Å². The number of carbonyl (C=O) groups excluding carboxylic acids is 3. The molecular formula is C10H17N3O5S. The highest BCUT2D eigenvalue weighted by Crippen LogP contribution is 2.12. The van der Waals surface area contributed by atoms with Gasteiger partial charge in [0.2, 0.25) is 11.8 Å². The van der Waals surface area contributed by atoms with Gasteiger partial charge in [0.1, 0.15) is 6.04 Å². The van der Waals surface area contributed by atoms with Crippen LogP contribution < -0.4 is 16.0 Å². The van der Waals surface area contributed by atoms with E-state index in [0.717, 1.165) is 11.8 Å². The van der Waals surface area contributed by atoms with E-state index in [9.17, 15) is 19.2 Å². The SMILES string of the molecule is CNC(=O)NC(=O)C(C)SC[C@H](NC(C)=O)C(=O)O. The third-order valence-electron chi connectivity index (χ3n) is 2.02. The van der Waals surface area contributed by atoms with Gasteiger partial charge in [-0.1, -0.05) is 0 Å². The third-order valence-corrected chi connectivity index (χ3v) is 3.26. The van der Waals surface area contributed by atoms with Crippen LogP contribution in [-0.2, 0) is 14.4 Å². The number of nitrogens with one attached hydrogen (secondary N) is 3. The molecule has 2 atom stereocenters. The molecule has 0 aliphatic rings. The molecule has 0 aromatic heterocycles. The lowest BCUT2D eigenvalue weighted by Crippen LogP contribution is -2.44. The summed E-state index contributed by atoms with van der Waals surface area (Å²) in [5.41, 5.74) is 0. The van der Waals surface area contributed by atoms with Crippen molar-refractivity contribution in [3.8, 4) is 0 Å². The summed E-state index contributed by atoms with van der Waals surface area (Å²) in [5, 5.41) is 14.8. The number of aliphatic carboxylic acids is 1. The Bertz CT molecular complexity index is 374. The topological polar surface area (TPSA) is 125 Å². The van der Waals surface area contributed by atoms with Crippen molar-refractivity contribution >= 4 is 35.6 Å². The summed E-state index contributed by atoms with van der Waals surface area (Å²) in [7, 11) is 1.37. The van der Waals surface area contributed by atoms with E-state index in [1.165, 1.54) is 20.9 Å². The van der Waals surface area contributed by atoms with Crippen molar-refractivity contribution in [3.05, 3.63) is 0 Å². The number of rotatable bonds is 6. The number of carboxylic acids is 1. The monoisotopic (exact) mass is 291 g/mol. The van der Waals surface area contributed by atoms with Crippen LogP contribution in [-0.4, -0.2) is 53.0 Å². The largest absolute Gasteiger partial charge is 0.480 e. The highest BCUT2D eigenvalue weighted by atomic mass is 32.2. The van der Waals surface area contributed by atoms with E-state index < -0.39 is 35.1 Å². The molecule has 9 heteroatoms. The Balaban J connectivity index is 4.28. The summed E-state index contributed by atoms with van der Waals surface area (Å²) in [6.07, 6.45) is 0. The van der Waals surface area contributed by atoms with Crippen molar-refractivity contribution in [2.24, 2.45) is 0 Å². The second-order valence-electron chi connectivity index (χ2n) is 3.64. The zero-order chi connectivity index (χ0) is 15.0. The van der Waals surface area contributed by atoms with Crippen molar-refractivity contribution in [3.63, 3.8) is 0 Å². The standard InChI is InChI=1S/C10H17N3O5S/c1-5(8(15)13-10(18)11-3)19-4-7(9(16)17)12-6(2)14/h5,7H,4H2,1-3H3,(H,12,14)(H,16,17)(H2,11,13,15,18)/t5?,7-/m0/s1. The van der Waals surface area contributed by atoms with Crippen LogP contribution >= 0.6 is 11.8 Å². The van der Waals surface area contributed by atoms with Crippen LogP contribution in [0.2, 0.25) is 0 Å². The normalized spacial score (nSPS) is 13.0. The minimum Gasteiger partial charge on any atom is -0.480 e. The Morgan fingerprint density at radius 1 is 1.26 bits per heavy atom. The van der Waals surface area contributed by atoms with E-state index >= 15 is 0 Å². The minimum absolute atomic E-state index is 0.0250. The van der Waals surface area contributed by atoms with Crippen LogP contribution in [0.15, 0.2) is 0 Å². The van der Waals surface area contributed by atoms with Gasteiger partial charge in [0, 0.05) is 19.7 Å². The number of hydrogen-bond acceptors (Lipinski definition) is 5. The fourth-order valence-corrected chi connectivity index (χ4v) is 1.93. The van der Waals surface area contributed by atoms with Gasteiger partial charge in [-0.2, -0.15) is 0 Å². The van der Waals surface area contributed by atoms with Crippen LogP contribution in [0.4, 0.5) is 4.79 Å². The van der Waals surface area contributed by atoms with Crippen molar-refractivity contribution in [2.45, 2.75) is 25.1 Å². The first-order chi connectivity index (χ1) is 8.77. The molecule has 0 bridgehead atoms. The molecule has 0 spiro atoms. The molecule has 4 amide bonds. The summed E-state index contributed by atoms with van der Waals surface area (Å²) in [4.78, 5) is 44.1. The highest BCUT2D eigenvalue weighted by Gasteiger charge is 2.22. The van der Waals surface area contributed by atoms with Crippen molar-refractivity contribution in [1.29, 1.82) is 0 Å². The highest BCUT2D eigenvalue weighted by molar-refractivity contribution is 8.00. The first-order valence-corrected chi connectivity index (χ1v) is 6.46. The van der Waals surface area contributed by atoms with Crippen molar-refractivity contribution in [1.82, 2.24) is 16.0 Å². The maximum absolute atomic E-state index is 11.5. The zero-order valence-electron chi connectivity index (χ0n) is 10.9. The molecule has 0 saturated carbocycles. The first-order valence-electron chi connectivity index (χ1n) is 5.42. The number of hydrogen-bond donors (Lipinski definition) is 4. The Hall–Kier alpha value is -1.77. The molecule has 19 heavy (non-hydrogen) atoms. The lowest BCUT2D eigenvalue weighted by atomic mass is 10.3. The summed E-state index contributed by atoms with van der Waals surface area (Å²) in [6, 6.07) is -1.70. The average Bonchev–Trinajstić information content (AvgIpc) is 2.32. The Labute approximate surface area is 114 Å². The molecule has 0 aliphatic heterocycles. The van der Waals surface area contributed by atoms with Crippen molar-refractivity contribution < 1.29 is 24.3 Å². The molecule has 0 aromatic rings. The molecule has 0 radical (unpaired) electrons. The molecule has 0 saturated heterocycles. The van der Waals surface area contributed by atoms with Gasteiger partial charge in [0.05, 0.1) is 5.25 Å². The van der Waals surface area contributed by atoms with E-state index in [-0.39, 0.29) is 5.75 Å². The van der Waals surface area contributed by atoms with Crippen LogP contribution in [0.3, 0.4) is 0 Å². The Morgan fingerprint density at radius 2 is 1.84 bits per heavy atom. The molecule has 108 valence electrons. The minimum atomic E-state index is -1.18. The van der Waals surface area contributed by atoms with Gasteiger partial charge in [-0.05, 0) is 6.92 Å². The summed E-state index contributed by atoms with van der Waals surface area (Å²) in [6.45, 7) is 2.75. The maximum Gasteiger partial charge on any atom is 0.327 e. The molecule has 1 unspecified atom stereocenters. The number of thioether (sulfide) groups is 1. The zero-order valence-corrected chi connectivity index (χ0v) is 11.7. The van der Waals surface area contributed by atoms with Gasteiger partial charge in [-0.15, -0.1) is 11.8 Å². The Morgan fingerprint density at radius 3 is 2.26 bits per heavy atom. The number of amides is 4. The van der Waals surface area contributed by atoms with Gasteiger partial charge in [-0.3, -0.25) is 14.9 Å². The predicted octanol–water partition coefficient (Wildman–Crippen LogP) is -0.847. The summed E-state index contributed by atoms with van der Waals surface area (Å²) >= 11 is 1.03. The van der Waals surface area contributed by atoms with E-state index in [4.69, 9.17) is 5.11 Å². The van der Waals surface area contributed by atoms with Crippen LogP contribution in [0, 0.1) is 0 Å². The number of carbonyl (C=O) groups is 4. The number of urea groups is 1. The van der Waals surface area contributed by atoms with Crippen molar-refractivity contribution in [2.75, 3.05) is 12.8 Å². The van der Waals surface area contributed by atoms with Gasteiger partial charge in [0.15, 0.2) is 0 Å². The van der Waals surface area contributed by atoms with E-state index in [0.29, 0.717) is 0 Å². The van der Waals surface area contributed by atoms with Gasteiger partial charge in [-0.25, -0.2) is 9.59 Å². The Kier molecular flexibility index (Phi) is 7.57. The molecule has 4 N–H and O–H groups in total. The van der Waals surface area contributed by atoms with Crippen LogP contribution in [0.1, 0.15) is 13.8 Å². The quantitative estimate of drug-likeness (QED) is 0.505. The van der Waals surface area contributed by atoms with Crippen LogP contribution in [0.25, 0.3) is 0 Å². The second kappa shape index (κ2) is 8.35. The molecule has 0 heterocycles. The van der Waals surface area contributed by atoms with E-state index in [2.05, 4.69) is 16.0 Å².